The molecule has 0 aliphatic heterocycles. The SMILES string of the molecule is CC/C=C\C/C=C\C/C=C\C/C=C\C/C=C\CCCCCC(=O)OCC(COP(=O)(O)OCC(O)COP(=O)(O)OCC(COC(=O)CCC/C=C\C/C=C\C/C=C\C/C=C\C/C=C\CC)OC(=O)CCCCCCC/C=C\CCCC)OC(=O)CCCCCCC/C=C\CCCC. The highest BCUT2D eigenvalue weighted by Crippen LogP contribution is 2.45. The van der Waals surface area contributed by atoms with E-state index >= 15 is 0 Å². The molecule has 0 radical (unpaired) electrons. The lowest BCUT2D eigenvalue weighted by molar-refractivity contribution is -0.161. The molecule has 3 N–H and O–H groups in total. The van der Waals surface area contributed by atoms with Crippen molar-refractivity contribution < 1.29 is 80.2 Å². The van der Waals surface area contributed by atoms with Crippen molar-refractivity contribution in [3.63, 3.8) is 0 Å². The summed E-state index contributed by atoms with van der Waals surface area (Å²) in [5.74, 6) is -2.31. The van der Waals surface area contributed by atoms with Crippen LogP contribution in [0.25, 0.3) is 0 Å². The fourth-order valence-corrected chi connectivity index (χ4v) is 10.7. The Morgan fingerprint density at radius 2 is 0.541 bits per heavy atom. The molecule has 0 aliphatic carbocycles. The van der Waals surface area contributed by atoms with E-state index in [4.69, 9.17) is 37.0 Å². The van der Waals surface area contributed by atoms with Gasteiger partial charge in [-0.15, -0.1) is 0 Å². The third-order valence-corrected chi connectivity index (χ3v) is 16.7. The lowest BCUT2D eigenvalue weighted by Gasteiger charge is -2.21. The van der Waals surface area contributed by atoms with Crippen molar-refractivity contribution in [3.05, 3.63) is 146 Å². The molecule has 0 aliphatic rings. The molecule has 0 amide bonds. The zero-order valence-corrected chi connectivity index (χ0v) is 62.4. The number of ether oxygens (including phenoxy) is 4. The third-order valence-electron chi connectivity index (χ3n) is 14.8. The molecular formula is C79H130O17P2. The van der Waals surface area contributed by atoms with Gasteiger partial charge in [0.05, 0.1) is 26.4 Å². The standard InChI is InChI=1S/C79H130O17P2/c1-5-9-13-17-21-25-29-31-33-35-36-38-40-42-46-48-52-56-60-64-77(82)90-70-75(96-79(84)66-62-58-54-50-44-28-24-20-16-12-8-4)72-94-98(87,88)92-68-73(80)67-91-97(85,86)93-71-74(95-78(83)65-61-57-53-49-43-27-23-19-15-11-7-3)69-89-76(81)63-59-55-51-47-45-41-39-37-34-32-30-26-22-18-14-10-6-2/h9-10,13-14,19-26,31-34,36,38-39,41-42,46-47,51,73-75,80H,5-8,11-12,15-18,27-30,35,37,40,43-45,48-50,52-72H2,1-4H3,(H,85,86)(H,87,88)/b13-9-,14-10-,23-19-,24-20-,25-21-,26-22-,33-31-,34-32-,38-36-,41-39-,46-42-,51-47-. The first-order valence-electron chi connectivity index (χ1n) is 37.1. The van der Waals surface area contributed by atoms with Gasteiger partial charge >= 0.3 is 39.5 Å². The number of unbranched alkanes of at least 4 members (excludes halogenated alkanes) is 18. The van der Waals surface area contributed by atoms with Crippen molar-refractivity contribution in [1.82, 2.24) is 0 Å². The number of allylic oxidation sites excluding steroid dienone is 24. The summed E-state index contributed by atoms with van der Waals surface area (Å²) in [6, 6.07) is 0. The number of esters is 4. The first kappa shape index (κ1) is 92.9. The predicted octanol–water partition coefficient (Wildman–Crippen LogP) is 21.1. The van der Waals surface area contributed by atoms with Gasteiger partial charge in [0.2, 0.25) is 0 Å². The Bertz CT molecular complexity index is 2430. The Morgan fingerprint density at radius 1 is 0.296 bits per heavy atom. The van der Waals surface area contributed by atoms with E-state index in [0.717, 1.165) is 161 Å². The highest BCUT2D eigenvalue weighted by molar-refractivity contribution is 7.47. The van der Waals surface area contributed by atoms with E-state index in [-0.39, 0.29) is 25.7 Å². The minimum atomic E-state index is -4.99. The highest BCUT2D eigenvalue weighted by Gasteiger charge is 2.30. The van der Waals surface area contributed by atoms with Gasteiger partial charge < -0.3 is 33.8 Å². The van der Waals surface area contributed by atoms with Gasteiger partial charge in [-0.3, -0.25) is 37.3 Å². The maximum atomic E-state index is 13.0. The van der Waals surface area contributed by atoms with Gasteiger partial charge in [0.15, 0.2) is 12.2 Å². The smallest absolute Gasteiger partial charge is 0.462 e. The van der Waals surface area contributed by atoms with Crippen LogP contribution in [-0.2, 0) is 65.4 Å². The number of phosphoric ester groups is 2. The topological polar surface area (TPSA) is 237 Å². The number of hydrogen-bond donors (Lipinski definition) is 3. The average molecular weight is 1410 g/mol. The maximum Gasteiger partial charge on any atom is 0.472 e. The molecule has 19 heteroatoms. The van der Waals surface area contributed by atoms with Crippen molar-refractivity contribution in [2.45, 2.75) is 290 Å². The normalized spacial score (nSPS) is 14.8. The summed E-state index contributed by atoms with van der Waals surface area (Å²) in [6.07, 6.45) is 78.7. The van der Waals surface area contributed by atoms with Gasteiger partial charge in [-0.2, -0.15) is 0 Å². The summed E-state index contributed by atoms with van der Waals surface area (Å²) >= 11 is 0. The molecular weight excluding hydrogens is 1280 g/mol. The minimum Gasteiger partial charge on any atom is -0.462 e. The van der Waals surface area contributed by atoms with E-state index in [2.05, 4.69) is 161 Å². The molecule has 0 fully saturated rings. The van der Waals surface area contributed by atoms with Crippen LogP contribution < -0.4 is 0 Å². The second-order valence-electron chi connectivity index (χ2n) is 24.1. The number of aliphatic hydroxyl groups is 1. The zero-order valence-electron chi connectivity index (χ0n) is 60.7. The summed E-state index contributed by atoms with van der Waals surface area (Å²) in [6.45, 7) is 4.41. The molecule has 5 atom stereocenters. The molecule has 0 saturated carbocycles. The van der Waals surface area contributed by atoms with Crippen molar-refractivity contribution in [2.24, 2.45) is 0 Å². The van der Waals surface area contributed by atoms with Gasteiger partial charge in [0.1, 0.15) is 19.3 Å². The van der Waals surface area contributed by atoms with E-state index in [1.165, 1.54) is 25.7 Å². The summed E-state index contributed by atoms with van der Waals surface area (Å²) in [4.78, 5) is 72.7. The first-order chi connectivity index (χ1) is 47.7. The molecule has 0 heterocycles. The number of aliphatic hydroxyl groups excluding tert-OH is 1. The largest absolute Gasteiger partial charge is 0.472 e. The van der Waals surface area contributed by atoms with E-state index in [1.807, 2.05) is 12.2 Å². The van der Waals surface area contributed by atoms with Crippen LogP contribution in [0.2, 0.25) is 0 Å². The maximum absolute atomic E-state index is 13.0. The Hall–Kier alpha value is -5.06. The number of hydrogen-bond acceptors (Lipinski definition) is 15. The van der Waals surface area contributed by atoms with Crippen molar-refractivity contribution in [1.29, 1.82) is 0 Å². The fourth-order valence-electron chi connectivity index (χ4n) is 9.12. The summed E-state index contributed by atoms with van der Waals surface area (Å²) in [5.41, 5.74) is 0. The highest BCUT2D eigenvalue weighted by atomic mass is 31.2. The van der Waals surface area contributed by atoms with Crippen LogP contribution >= 0.6 is 15.6 Å². The molecule has 0 spiro atoms. The molecule has 0 aromatic carbocycles. The van der Waals surface area contributed by atoms with E-state index in [1.54, 1.807) is 0 Å². The molecule has 0 saturated heterocycles. The first-order valence-corrected chi connectivity index (χ1v) is 40.1. The Kier molecular flexibility index (Phi) is 66.7. The second-order valence-corrected chi connectivity index (χ2v) is 27.0. The van der Waals surface area contributed by atoms with Crippen LogP contribution in [0.3, 0.4) is 0 Å². The van der Waals surface area contributed by atoms with Crippen LogP contribution in [0.15, 0.2) is 146 Å². The van der Waals surface area contributed by atoms with E-state index in [0.29, 0.717) is 32.1 Å². The van der Waals surface area contributed by atoms with Crippen LogP contribution in [0.4, 0.5) is 0 Å². The zero-order chi connectivity index (χ0) is 71.8. The van der Waals surface area contributed by atoms with Gasteiger partial charge in [-0.1, -0.05) is 244 Å². The molecule has 5 unspecified atom stereocenters. The summed E-state index contributed by atoms with van der Waals surface area (Å²) < 4.78 is 68.2. The average Bonchev–Trinajstić information content (AvgIpc) is 1.03. The molecule has 17 nitrogen and oxygen atoms in total. The van der Waals surface area contributed by atoms with Crippen molar-refractivity contribution in [3.8, 4) is 0 Å². The predicted molar refractivity (Wildman–Crippen MR) is 399 cm³/mol. The molecule has 98 heavy (non-hydrogen) atoms. The molecule has 0 aromatic rings. The van der Waals surface area contributed by atoms with Crippen LogP contribution in [0.5, 0.6) is 0 Å². The Balaban J connectivity index is 5.38. The monoisotopic (exact) mass is 1410 g/mol. The summed E-state index contributed by atoms with van der Waals surface area (Å²) in [5, 5.41) is 10.6. The second kappa shape index (κ2) is 70.4. The van der Waals surface area contributed by atoms with Crippen LogP contribution in [0, 0.1) is 0 Å². The third kappa shape index (κ3) is 69.4. The van der Waals surface area contributed by atoms with E-state index in [9.17, 15) is 43.2 Å². The number of phosphoric acid groups is 2. The molecule has 558 valence electrons. The number of carbonyl (C=O) groups is 4. The van der Waals surface area contributed by atoms with Crippen molar-refractivity contribution in [2.75, 3.05) is 39.6 Å². The van der Waals surface area contributed by atoms with Gasteiger partial charge in [-0.25, -0.2) is 9.13 Å². The number of carbonyl (C=O) groups excluding carboxylic acids is 4. The van der Waals surface area contributed by atoms with Crippen LogP contribution in [-0.4, -0.2) is 96.7 Å². The minimum absolute atomic E-state index is 0.0676. The molecule has 0 rings (SSSR count). The quantitative estimate of drug-likeness (QED) is 0.0169. The lowest BCUT2D eigenvalue weighted by Crippen LogP contribution is -2.30. The van der Waals surface area contributed by atoms with Gasteiger partial charge in [0.25, 0.3) is 0 Å². The van der Waals surface area contributed by atoms with Crippen LogP contribution in [0.1, 0.15) is 272 Å². The summed E-state index contributed by atoms with van der Waals surface area (Å²) in [7, 11) is -9.98. The molecule has 0 bridgehead atoms. The number of rotatable bonds is 68. The van der Waals surface area contributed by atoms with E-state index < -0.39 is 97.5 Å². The lowest BCUT2D eigenvalue weighted by atomic mass is 10.1. The Labute approximate surface area is 592 Å². The van der Waals surface area contributed by atoms with Gasteiger partial charge in [0, 0.05) is 25.7 Å². The van der Waals surface area contributed by atoms with Gasteiger partial charge in [-0.05, 0) is 148 Å². The Morgan fingerprint density at radius 3 is 0.878 bits per heavy atom. The fraction of sp³-hybridized carbons (Fsp3) is 0.646. The molecule has 0 aromatic heterocycles. The van der Waals surface area contributed by atoms with Crippen molar-refractivity contribution >= 4 is 39.5 Å².